The number of ether oxygens (including phenoxy) is 3. The van der Waals surface area contributed by atoms with Crippen LogP contribution in [0.4, 0.5) is 0 Å². The molecule has 17 nitrogen and oxygen atoms in total. The van der Waals surface area contributed by atoms with E-state index in [0.29, 0.717) is 0 Å². The second-order valence-corrected chi connectivity index (χ2v) is 29.9. The lowest BCUT2D eigenvalue weighted by Crippen LogP contribution is -2.15. The molecule has 0 bridgehead atoms. The number of hydrogen-bond acceptors (Lipinski definition) is 17. The third-order valence-electron chi connectivity index (χ3n) is 11.6. The molecule has 8 rings (SSSR count). The Labute approximate surface area is 474 Å². The first-order valence-corrected chi connectivity index (χ1v) is 32.9. The first-order chi connectivity index (χ1) is 37.1. The van der Waals surface area contributed by atoms with Crippen LogP contribution in [0.1, 0.15) is 0 Å². The minimum absolute atomic E-state index is 0.196. The molecule has 0 spiro atoms. The highest BCUT2D eigenvalue weighted by Crippen LogP contribution is 2.39. The molecule has 0 saturated heterocycles. The quantitative estimate of drug-likeness (QED) is 0.0671. The van der Waals surface area contributed by atoms with Gasteiger partial charge in [0.25, 0.3) is 0 Å². The lowest BCUT2D eigenvalue weighted by Gasteiger charge is -2.16. The minimum atomic E-state index is -4.73. The molecule has 0 aliphatic carbocycles. The van der Waals surface area contributed by atoms with E-state index in [-0.39, 0.29) is 77.6 Å². The zero-order chi connectivity index (χ0) is 57.3. The maximum absolute atomic E-state index is 14.2. The van der Waals surface area contributed by atoms with Crippen LogP contribution >= 0.6 is 46.4 Å². The maximum atomic E-state index is 14.2. The number of aromatic hydroxyl groups is 2. The molecule has 0 amide bonds. The first kappa shape index (κ1) is 58.9. The molecule has 79 heavy (non-hydrogen) atoms. The topological polar surface area (TPSA) is 273 Å². The van der Waals surface area contributed by atoms with Crippen LogP contribution < -0.4 is 9.47 Å². The second-order valence-electron chi connectivity index (χ2n) is 16.6. The van der Waals surface area contributed by atoms with Gasteiger partial charge in [0.1, 0.15) is 55.8 Å². The van der Waals surface area contributed by atoms with Gasteiger partial charge in [0, 0.05) is 20.1 Å². The molecule has 0 aromatic heterocycles. The minimum Gasteiger partial charge on any atom is -0.507 e. The zero-order valence-electron chi connectivity index (χ0n) is 40.0. The van der Waals surface area contributed by atoms with Crippen LogP contribution in [-0.2, 0) is 63.8 Å². The van der Waals surface area contributed by atoms with Crippen LogP contribution in [0.3, 0.4) is 0 Å². The van der Waals surface area contributed by atoms with Crippen molar-refractivity contribution in [2.75, 3.05) is 26.4 Å². The number of phenols is 2. The SMILES string of the molecule is O=S(=O)(c1ccc(O)c(S(=O)(=O)c2ccc(Cl)cc2)c1)c1ccc(OCCOCCOc2ccc(S(=O)(=O)c3ccc(O)c(S(=O)(=O)c4ccc(Cl)cc4)c3)cc2S(=O)(=O)c2ccc(Cl)cc2)c(S(=O)(=O)c2ccc(Cl)cc2)c1. The lowest BCUT2D eigenvalue weighted by molar-refractivity contribution is 0.0750. The van der Waals surface area contributed by atoms with Gasteiger partial charge < -0.3 is 24.4 Å². The number of hydrogen-bond donors (Lipinski definition) is 2. The number of halogens is 4. The predicted octanol–water partition coefficient (Wildman–Crippen LogP) is 10.2. The van der Waals surface area contributed by atoms with Crippen molar-refractivity contribution in [2.45, 2.75) is 58.7 Å². The van der Waals surface area contributed by atoms with Gasteiger partial charge in [-0.15, -0.1) is 0 Å². The fourth-order valence-corrected chi connectivity index (χ4v) is 16.5. The standard InChI is InChI=1S/C52H38Cl4O17S6/c53-33-1-9-37(10-2-33)76(63,64)49-29-41(17-21-45(49)57)74(59,60)43-19-23-47(51(31-43)78(67,68)39-13-5-35(55)6-14-39)72-27-25-71-26-28-73-48-24-20-44(32-52(48)79(69,70)40-15-7-36(56)8-16-40)75(61,62)42-18-22-46(58)50(30-42)77(65,66)38-11-3-34(54)4-12-38/h1-24,29-32,57-58H,25-28H2. The summed E-state index contributed by atoms with van der Waals surface area (Å²) in [6.45, 7) is -1.25. The van der Waals surface area contributed by atoms with E-state index in [1.807, 2.05) is 0 Å². The molecule has 2 N–H and O–H groups in total. The smallest absolute Gasteiger partial charge is 0.210 e. The van der Waals surface area contributed by atoms with Gasteiger partial charge >= 0.3 is 0 Å². The third-order valence-corrected chi connectivity index (χ3v) is 23.2. The van der Waals surface area contributed by atoms with Crippen molar-refractivity contribution >= 4 is 105 Å². The molecular formula is C52H38Cl4O17S6. The van der Waals surface area contributed by atoms with Crippen molar-refractivity contribution in [3.05, 3.63) is 190 Å². The number of sulfone groups is 6. The summed E-state index contributed by atoms with van der Waals surface area (Å²) in [6, 6.07) is 30.7. The van der Waals surface area contributed by atoms with Crippen molar-refractivity contribution in [1.29, 1.82) is 0 Å². The van der Waals surface area contributed by atoms with Gasteiger partial charge in [-0.1, -0.05) is 46.4 Å². The molecule has 8 aromatic carbocycles. The molecule has 0 saturated carbocycles. The van der Waals surface area contributed by atoms with Crippen molar-refractivity contribution in [3.63, 3.8) is 0 Å². The first-order valence-electron chi connectivity index (χ1n) is 22.5. The van der Waals surface area contributed by atoms with E-state index in [1.54, 1.807) is 0 Å². The summed E-state index contributed by atoms with van der Waals surface area (Å²) in [5.74, 6) is -2.18. The molecule has 0 radical (unpaired) electrons. The maximum Gasteiger partial charge on any atom is 0.210 e. The van der Waals surface area contributed by atoms with Gasteiger partial charge in [-0.2, -0.15) is 0 Å². The average Bonchev–Trinajstić information content (AvgIpc) is 3.45. The van der Waals surface area contributed by atoms with E-state index in [4.69, 9.17) is 60.6 Å². The normalized spacial score (nSPS) is 12.5. The number of phenolic OH excluding ortho intramolecular Hbond substituents is 2. The van der Waals surface area contributed by atoms with Crippen LogP contribution in [-0.4, -0.2) is 87.1 Å². The van der Waals surface area contributed by atoms with Gasteiger partial charge in [0.2, 0.25) is 59.0 Å². The van der Waals surface area contributed by atoms with Crippen LogP contribution in [0.2, 0.25) is 20.1 Å². The molecular weight excluding hydrogens is 1230 g/mol. The molecule has 0 aliphatic rings. The summed E-state index contributed by atoms with van der Waals surface area (Å²) in [4.78, 5) is -6.37. The third kappa shape index (κ3) is 12.4. The fraction of sp³-hybridized carbons (Fsp3) is 0.0769. The molecule has 0 aliphatic heterocycles. The highest BCUT2D eigenvalue weighted by Gasteiger charge is 2.32. The van der Waals surface area contributed by atoms with Gasteiger partial charge in [-0.25, -0.2) is 50.5 Å². The Morgan fingerprint density at radius 3 is 0.785 bits per heavy atom. The Kier molecular flexibility index (Phi) is 17.2. The van der Waals surface area contributed by atoms with Crippen LogP contribution in [0, 0.1) is 0 Å². The molecule has 27 heteroatoms. The average molecular weight is 1270 g/mol. The van der Waals surface area contributed by atoms with E-state index in [0.717, 1.165) is 72.8 Å². The molecule has 0 heterocycles. The molecule has 0 fully saturated rings. The molecule has 0 atom stereocenters. The van der Waals surface area contributed by atoms with Crippen molar-refractivity contribution in [2.24, 2.45) is 0 Å². The highest BCUT2D eigenvalue weighted by molar-refractivity contribution is 7.93. The van der Waals surface area contributed by atoms with Crippen LogP contribution in [0.25, 0.3) is 0 Å². The Morgan fingerprint density at radius 2 is 0.506 bits per heavy atom. The summed E-state index contributed by atoms with van der Waals surface area (Å²) in [5, 5.41) is 22.0. The predicted molar refractivity (Wildman–Crippen MR) is 289 cm³/mol. The van der Waals surface area contributed by atoms with Crippen LogP contribution in [0.15, 0.2) is 229 Å². The molecule has 8 aromatic rings. The van der Waals surface area contributed by atoms with Crippen LogP contribution in [0.5, 0.6) is 23.0 Å². The molecule has 0 unspecified atom stereocenters. The Balaban J connectivity index is 1.02. The van der Waals surface area contributed by atoms with Crippen molar-refractivity contribution in [1.82, 2.24) is 0 Å². The van der Waals surface area contributed by atoms with E-state index in [2.05, 4.69) is 0 Å². The Bertz CT molecular complexity index is 4080. The van der Waals surface area contributed by atoms with E-state index < -0.39 is 110 Å². The fourth-order valence-electron chi connectivity index (χ4n) is 7.48. The molecule has 412 valence electrons. The van der Waals surface area contributed by atoms with E-state index >= 15 is 0 Å². The van der Waals surface area contributed by atoms with Crippen molar-refractivity contribution < 1.29 is 74.9 Å². The van der Waals surface area contributed by atoms with E-state index in [1.165, 1.54) is 97.1 Å². The summed E-state index contributed by atoms with van der Waals surface area (Å²) >= 11 is 23.9. The number of benzene rings is 8. The highest BCUT2D eigenvalue weighted by atomic mass is 35.5. The number of rotatable bonds is 20. The van der Waals surface area contributed by atoms with Gasteiger partial charge in [0.05, 0.1) is 52.4 Å². The Morgan fingerprint density at radius 1 is 0.278 bits per heavy atom. The summed E-state index contributed by atoms with van der Waals surface area (Å²) in [7, 11) is -27.6. The monoisotopic (exact) mass is 1270 g/mol. The summed E-state index contributed by atoms with van der Waals surface area (Å²) < 4.78 is 185. The summed E-state index contributed by atoms with van der Waals surface area (Å²) in [6.07, 6.45) is 0. The van der Waals surface area contributed by atoms with Gasteiger partial charge in [0.15, 0.2) is 0 Å². The largest absolute Gasteiger partial charge is 0.507 e. The zero-order valence-corrected chi connectivity index (χ0v) is 47.9. The Hall–Kier alpha value is -6.22. The van der Waals surface area contributed by atoms with Crippen molar-refractivity contribution in [3.8, 4) is 23.0 Å². The van der Waals surface area contributed by atoms with Gasteiger partial charge in [-0.3, -0.25) is 0 Å². The lowest BCUT2D eigenvalue weighted by atomic mass is 10.3. The van der Waals surface area contributed by atoms with E-state index in [9.17, 15) is 60.7 Å². The second kappa shape index (κ2) is 23.1. The summed E-state index contributed by atoms with van der Waals surface area (Å²) in [5.41, 5.74) is 0. The van der Waals surface area contributed by atoms with Gasteiger partial charge in [-0.05, 0) is 170 Å².